The molecule has 0 radical (unpaired) electrons. The predicted molar refractivity (Wildman–Crippen MR) is 114 cm³/mol. The Balaban J connectivity index is 1.49. The second kappa shape index (κ2) is 7.97. The SMILES string of the molecule is C[CH]([Am])CCC[C@@H](C)[C@H]1CC[C@H]2[C@@H]3CC=C4C[C@@H](O)CC[C@]4(C)[C@H]3CC[C@]12C. The van der Waals surface area contributed by atoms with E-state index in [4.69, 9.17) is 0 Å². The molecule has 3 saturated carbocycles. The number of aliphatic hydroxyl groups is 1. The molecule has 0 saturated heterocycles. The molecule has 0 aromatic heterocycles. The molecule has 4 aliphatic rings. The van der Waals surface area contributed by atoms with Gasteiger partial charge in [-0.1, -0.05) is 0 Å². The molecular weight excluding hydrogens is 571 g/mol. The van der Waals surface area contributed by atoms with Crippen molar-refractivity contribution in [2.24, 2.45) is 40.4 Å². The van der Waals surface area contributed by atoms with Crippen molar-refractivity contribution in [3.05, 3.63) is 11.6 Å². The Morgan fingerprint density at radius 3 is 2.61 bits per heavy atom. The summed E-state index contributed by atoms with van der Waals surface area (Å²) in [7, 11) is 0. The summed E-state index contributed by atoms with van der Waals surface area (Å²) in [5.41, 5.74) is 2.62. The summed E-state index contributed by atoms with van der Waals surface area (Å²) >= 11 is 1.59. The zero-order chi connectivity index (χ0) is 20.1. The number of fused-ring (bicyclic) bond motifs is 5. The van der Waals surface area contributed by atoms with Crippen molar-refractivity contribution < 1.29 is 18.5 Å². The van der Waals surface area contributed by atoms with E-state index in [-0.39, 0.29) is 6.10 Å². The van der Waals surface area contributed by atoms with Crippen molar-refractivity contribution >= 4 is 0 Å². The van der Waals surface area contributed by atoms with Gasteiger partial charge >= 0.3 is 156 Å². The summed E-state index contributed by atoms with van der Waals surface area (Å²) in [5.74, 6) is 4.64. The quantitative estimate of drug-likeness (QED) is 0.328. The van der Waals surface area contributed by atoms with Crippen LogP contribution in [0.3, 0.4) is 0 Å². The molecule has 28 heavy (non-hydrogen) atoms. The normalized spacial score (nSPS) is 47.5. The monoisotopic (exact) mass is 612 g/mol. The van der Waals surface area contributed by atoms with E-state index in [9.17, 15) is 5.11 Å². The second-order valence-corrected chi connectivity index (χ2v) is 14.7. The molecule has 0 heterocycles. The molecule has 0 aromatic rings. The Bertz CT molecular complexity index is 597. The van der Waals surface area contributed by atoms with Crippen molar-refractivity contribution in [2.45, 2.75) is 110 Å². The van der Waals surface area contributed by atoms with Gasteiger partial charge in [0.25, 0.3) is 0 Å². The third-order valence-electron chi connectivity index (χ3n) is 10.1. The van der Waals surface area contributed by atoms with Crippen molar-refractivity contribution in [3.8, 4) is 0 Å². The van der Waals surface area contributed by atoms with Gasteiger partial charge in [0.1, 0.15) is 0 Å². The van der Waals surface area contributed by atoms with Crippen LogP contribution in [0.4, 0.5) is 0 Å². The first-order valence-corrected chi connectivity index (χ1v) is 14.1. The van der Waals surface area contributed by atoms with Crippen LogP contribution in [-0.4, -0.2) is 11.2 Å². The van der Waals surface area contributed by atoms with Gasteiger partial charge in [0, 0.05) is 0 Å². The van der Waals surface area contributed by atoms with Gasteiger partial charge in [-0.3, -0.25) is 0 Å². The Labute approximate surface area is 180 Å². The van der Waals surface area contributed by atoms with Gasteiger partial charge in [-0.2, -0.15) is 0 Å². The van der Waals surface area contributed by atoms with E-state index < -0.39 is 0 Å². The van der Waals surface area contributed by atoms with Crippen LogP contribution in [0.15, 0.2) is 11.6 Å². The summed E-state index contributed by atoms with van der Waals surface area (Å²) in [6.07, 6.45) is 17.3. The molecule has 1 nitrogen and oxygen atoms in total. The first-order valence-electron chi connectivity index (χ1n) is 12.3. The Morgan fingerprint density at radius 2 is 1.86 bits per heavy atom. The first kappa shape index (κ1) is 21.3. The molecule has 1 unspecified atom stereocenters. The zero-order valence-electron chi connectivity index (χ0n) is 18.7. The van der Waals surface area contributed by atoms with Crippen LogP contribution >= 0.6 is 0 Å². The Hall–Kier alpha value is 0.0896. The van der Waals surface area contributed by atoms with Crippen molar-refractivity contribution in [1.29, 1.82) is 0 Å². The molecule has 1 N–H and O–H groups in total. The number of allylic oxidation sites excluding steroid dienone is 1. The van der Waals surface area contributed by atoms with Gasteiger partial charge in [-0.05, 0) is 12.8 Å². The van der Waals surface area contributed by atoms with E-state index >= 15 is 0 Å². The molecular formula is C26H43AmO. The maximum atomic E-state index is 10.2. The summed E-state index contributed by atoms with van der Waals surface area (Å²) in [5, 5.41) is 11.2. The van der Waals surface area contributed by atoms with Gasteiger partial charge in [0.15, 0.2) is 0 Å². The fourth-order valence-corrected chi connectivity index (χ4v) is 9.18. The molecule has 0 amide bonds. The van der Waals surface area contributed by atoms with E-state index in [1.165, 1.54) is 57.8 Å². The number of rotatable bonds is 5. The maximum absolute atomic E-state index is 10.2. The summed E-state index contributed by atoms with van der Waals surface area (Å²) in [4.78, 5) is 0. The fourth-order valence-electron chi connectivity index (χ4n) is 8.54. The van der Waals surface area contributed by atoms with Crippen molar-refractivity contribution in [3.63, 3.8) is 0 Å². The van der Waals surface area contributed by atoms with Gasteiger partial charge in [0.05, 0.1) is 6.10 Å². The average Bonchev–Trinajstić information content (AvgIpc) is 2.99. The Kier molecular flexibility index (Phi) is 6.07. The predicted octanol–water partition coefficient (Wildman–Crippen LogP) is 7.09. The van der Waals surface area contributed by atoms with E-state index in [1.807, 2.05) is 0 Å². The van der Waals surface area contributed by atoms with Gasteiger partial charge in [-0.15, -0.1) is 0 Å². The van der Waals surface area contributed by atoms with Crippen LogP contribution in [0, 0.1) is 53.8 Å². The third-order valence-corrected chi connectivity index (χ3v) is 11.0. The standard InChI is InChI=1S/C26H43O.Am/c1-5-6-7-8-18(2)22-11-12-23-21-10-9-19-17-20(27)13-15-25(19,3)24(21)14-16-26(22,23)4;/h5,9,18,20-24,27H,6-8,10-17H2,1-4H3;/t18-,20+,21+,22-,23+,24+,25+,26-;/m1./s1. The topological polar surface area (TPSA) is 20.2 Å². The van der Waals surface area contributed by atoms with Gasteiger partial charge < -0.3 is 5.11 Å². The fraction of sp³-hybridized carbons (Fsp3) is 0.923. The van der Waals surface area contributed by atoms with Crippen molar-refractivity contribution in [1.82, 2.24) is 0 Å². The van der Waals surface area contributed by atoms with Crippen LogP contribution < -0.4 is 0 Å². The summed E-state index contributed by atoms with van der Waals surface area (Å²) < 4.78 is 0. The molecule has 3 fully saturated rings. The minimum atomic E-state index is -0.0747. The average molecular weight is 615 g/mol. The molecule has 4 rings (SSSR count). The molecule has 0 spiro atoms. The van der Waals surface area contributed by atoms with Crippen LogP contribution in [0.25, 0.3) is 0 Å². The molecule has 2 heteroatoms. The van der Waals surface area contributed by atoms with Crippen LogP contribution in [0.5, 0.6) is 0 Å². The Morgan fingerprint density at radius 1 is 1.07 bits per heavy atom. The van der Waals surface area contributed by atoms with E-state index in [1.54, 1.807) is 18.9 Å². The third kappa shape index (κ3) is 3.54. The van der Waals surface area contributed by atoms with Crippen molar-refractivity contribution in [2.75, 3.05) is 0 Å². The molecule has 0 aliphatic heterocycles. The van der Waals surface area contributed by atoms with E-state index in [0.717, 1.165) is 47.6 Å². The van der Waals surface area contributed by atoms with Crippen LogP contribution in [0.2, 0.25) is 5.16 Å². The molecule has 9 atom stereocenters. The number of hydrogen-bond donors (Lipinski definition) is 1. The molecule has 160 valence electrons. The van der Waals surface area contributed by atoms with E-state index in [0.29, 0.717) is 10.8 Å². The van der Waals surface area contributed by atoms with Crippen LogP contribution in [-0.2, 0) is 0 Å². The summed E-state index contributed by atoms with van der Waals surface area (Å²) in [6.45, 7) is 10.3. The zero-order valence-corrected chi connectivity index (χ0v) is 21.9. The molecule has 0 aromatic carbocycles. The summed E-state index contributed by atoms with van der Waals surface area (Å²) in [6, 6.07) is 0. The number of aliphatic hydroxyl groups excluding tert-OH is 1. The first-order chi connectivity index (χ1) is 13.3. The number of hydrogen-bond acceptors (Lipinski definition) is 1. The molecule has 4 aliphatic carbocycles. The van der Waals surface area contributed by atoms with Gasteiger partial charge in [-0.25, -0.2) is 0 Å². The van der Waals surface area contributed by atoms with Gasteiger partial charge in [0.2, 0.25) is 0 Å². The van der Waals surface area contributed by atoms with E-state index in [2.05, 4.69) is 33.8 Å². The second-order valence-electron chi connectivity index (χ2n) is 11.6. The minimum absolute atomic E-state index is 0.0747. The van der Waals surface area contributed by atoms with Crippen LogP contribution in [0.1, 0.15) is 98.3 Å². The molecule has 0 bridgehead atoms.